The Morgan fingerprint density at radius 2 is 2.04 bits per heavy atom. The van der Waals surface area contributed by atoms with Gasteiger partial charge in [0.15, 0.2) is 12.2 Å². The van der Waals surface area contributed by atoms with Crippen molar-refractivity contribution in [3.8, 4) is 0 Å². The number of para-hydroxylation sites is 2. The molecular weight excluding hydrogens is 302 g/mol. The molecule has 0 unspecified atom stereocenters. The van der Waals surface area contributed by atoms with Crippen LogP contribution in [-0.4, -0.2) is 20.7 Å². The van der Waals surface area contributed by atoms with E-state index in [2.05, 4.69) is 10.1 Å². The van der Waals surface area contributed by atoms with Gasteiger partial charge in [-0.15, -0.1) is 0 Å². The molecule has 3 rings (SSSR count). The fraction of sp³-hybridized carbons (Fsp3) is 0.200. The van der Waals surface area contributed by atoms with Crippen LogP contribution < -0.4 is 11.1 Å². The number of aromatic nitrogens is 3. The molecule has 2 heterocycles. The number of nitrogens with one attached hydrogen (secondary N) is 1. The van der Waals surface area contributed by atoms with Gasteiger partial charge >= 0.3 is 5.97 Å². The Morgan fingerprint density at radius 3 is 2.87 bits per heavy atom. The number of ether oxygens (including phenoxy) is 1. The maximum Gasteiger partial charge on any atom is 0.308 e. The maximum atomic E-state index is 11.7. The number of benzene rings is 1. The molecule has 8 nitrogen and oxygen atoms in total. The number of carbonyl (C=O) groups excluding carboxylic acids is 1. The van der Waals surface area contributed by atoms with Gasteiger partial charge in [0, 0.05) is 12.1 Å². The summed E-state index contributed by atoms with van der Waals surface area (Å²) in [5, 5.41) is 2.33. The van der Waals surface area contributed by atoms with Gasteiger partial charge in [-0.1, -0.05) is 12.1 Å². The summed E-state index contributed by atoms with van der Waals surface area (Å²) < 4.78 is 11.5. The summed E-state index contributed by atoms with van der Waals surface area (Å²) in [5.74, 6) is -0.228. The molecule has 118 valence electrons. The predicted molar refractivity (Wildman–Crippen MR) is 79.7 cm³/mol. The Kier molecular flexibility index (Phi) is 4.05. The second kappa shape index (κ2) is 6.30. The first-order chi connectivity index (χ1) is 11.1. The number of nitrogens with zero attached hydrogens (tertiary/aromatic N) is 2. The number of carbonyl (C=O) groups is 1. The summed E-state index contributed by atoms with van der Waals surface area (Å²) in [6.45, 7) is -0.0605. The second-order valence-electron chi connectivity index (χ2n) is 4.79. The molecule has 1 N–H and O–H groups in total. The quantitative estimate of drug-likeness (QED) is 0.698. The van der Waals surface area contributed by atoms with Crippen LogP contribution >= 0.6 is 0 Å². The molecule has 23 heavy (non-hydrogen) atoms. The highest BCUT2D eigenvalue weighted by molar-refractivity contribution is 5.72. The first kappa shape index (κ1) is 14.8. The van der Waals surface area contributed by atoms with Gasteiger partial charge in [-0.2, -0.15) is 0 Å². The van der Waals surface area contributed by atoms with Crippen molar-refractivity contribution >= 4 is 17.1 Å². The number of hydrogen-bond acceptors (Lipinski definition) is 6. The Labute approximate surface area is 129 Å². The molecule has 0 fully saturated rings. The minimum absolute atomic E-state index is 0.0291. The first-order valence-corrected chi connectivity index (χ1v) is 6.92. The van der Waals surface area contributed by atoms with Crippen molar-refractivity contribution in [3.05, 3.63) is 63.0 Å². The van der Waals surface area contributed by atoms with Gasteiger partial charge in [-0.05, 0) is 12.1 Å². The number of oxazole rings is 1. The zero-order chi connectivity index (χ0) is 16.2. The van der Waals surface area contributed by atoms with E-state index in [-0.39, 0.29) is 19.6 Å². The SMILES string of the molecule is O=C(CCn1[nH]c(=O)ccc1=O)OCc1nc2ccccc2o1. The Bertz CT molecular complexity index is 920. The van der Waals surface area contributed by atoms with Crippen LogP contribution in [-0.2, 0) is 22.7 Å². The lowest BCUT2D eigenvalue weighted by Gasteiger charge is -2.04. The Hall–Kier alpha value is -3.16. The summed E-state index contributed by atoms with van der Waals surface area (Å²) in [5.41, 5.74) is 0.500. The lowest BCUT2D eigenvalue weighted by atomic mass is 10.3. The van der Waals surface area contributed by atoms with Crippen LogP contribution in [0.25, 0.3) is 11.1 Å². The molecule has 0 spiro atoms. The molecule has 0 bridgehead atoms. The summed E-state index contributed by atoms with van der Waals surface area (Å²) in [6.07, 6.45) is -0.0555. The molecule has 0 saturated heterocycles. The highest BCUT2D eigenvalue weighted by Gasteiger charge is 2.09. The number of H-pyrrole nitrogens is 1. The average molecular weight is 315 g/mol. The smallest absolute Gasteiger partial charge is 0.308 e. The summed E-state index contributed by atoms with van der Waals surface area (Å²) in [7, 11) is 0. The van der Waals surface area contributed by atoms with Crippen molar-refractivity contribution in [2.45, 2.75) is 19.6 Å². The molecule has 3 aromatic rings. The molecule has 8 heteroatoms. The van der Waals surface area contributed by atoms with Crippen molar-refractivity contribution in [2.24, 2.45) is 0 Å². The first-order valence-electron chi connectivity index (χ1n) is 6.92. The lowest BCUT2D eigenvalue weighted by Crippen LogP contribution is -2.29. The zero-order valence-electron chi connectivity index (χ0n) is 12.0. The average Bonchev–Trinajstić information content (AvgIpc) is 2.96. The second-order valence-corrected chi connectivity index (χ2v) is 4.79. The van der Waals surface area contributed by atoms with Gasteiger partial charge in [0.05, 0.1) is 13.0 Å². The lowest BCUT2D eigenvalue weighted by molar-refractivity contribution is -0.145. The van der Waals surface area contributed by atoms with Crippen LogP contribution in [0.5, 0.6) is 0 Å². The van der Waals surface area contributed by atoms with E-state index in [0.29, 0.717) is 17.0 Å². The van der Waals surface area contributed by atoms with Gasteiger partial charge in [0.25, 0.3) is 11.1 Å². The number of esters is 1. The van der Waals surface area contributed by atoms with E-state index in [0.717, 1.165) is 16.8 Å². The molecular formula is C15H13N3O5. The largest absolute Gasteiger partial charge is 0.456 e. The third-order valence-electron chi connectivity index (χ3n) is 3.12. The van der Waals surface area contributed by atoms with Crippen molar-refractivity contribution in [3.63, 3.8) is 0 Å². The van der Waals surface area contributed by atoms with E-state index in [1.54, 1.807) is 12.1 Å². The van der Waals surface area contributed by atoms with Crippen LogP contribution in [0.2, 0.25) is 0 Å². The molecule has 0 aliphatic rings. The van der Waals surface area contributed by atoms with E-state index in [9.17, 15) is 14.4 Å². The van der Waals surface area contributed by atoms with E-state index < -0.39 is 17.1 Å². The van der Waals surface area contributed by atoms with E-state index in [4.69, 9.17) is 9.15 Å². The van der Waals surface area contributed by atoms with Crippen molar-refractivity contribution in [1.29, 1.82) is 0 Å². The minimum Gasteiger partial charge on any atom is -0.456 e. The molecule has 0 amide bonds. The molecule has 0 atom stereocenters. The zero-order valence-corrected chi connectivity index (χ0v) is 12.0. The van der Waals surface area contributed by atoms with Gasteiger partial charge in [-0.3, -0.25) is 19.5 Å². The molecule has 0 saturated carbocycles. The van der Waals surface area contributed by atoms with Crippen LogP contribution in [0.3, 0.4) is 0 Å². The monoisotopic (exact) mass is 315 g/mol. The van der Waals surface area contributed by atoms with E-state index >= 15 is 0 Å². The fourth-order valence-electron chi connectivity index (χ4n) is 2.03. The molecule has 2 aromatic heterocycles. The topological polar surface area (TPSA) is 107 Å². The summed E-state index contributed by atoms with van der Waals surface area (Å²) in [6, 6.07) is 9.49. The number of rotatable bonds is 5. The highest BCUT2D eigenvalue weighted by Crippen LogP contribution is 2.15. The molecule has 0 aliphatic carbocycles. The highest BCUT2D eigenvalue weighted by atomic mass is 16.5. The van der Waals surface area contributed by atoms with Gasteiger partial charge in [0.1, 0.15) is 5.52 Å². The van der Waals surface area contributed by atoms with Crippen LogP contribution in [0.4, 0.5) is 0 Å². The van der Waals surface area contributed by atoms with Crippen molar-refractivity contribution in [1.82, 2.24) is 14.8 Å². The standard InChI is InChI=1S/C15H13N3O5/c19-12-5-6-14(20)18(17-12)8-7-15(21)22-9-13-16-10-3-1-2-4-11(10)23-13/h1-6H,7-9H2,(H,17,19). The Balaban J connectivity index is 1.56. The molecule has 0 radical (unpaired) electrons. The Morgan fingerprint density at radius 1 is 1.22 bits per heavy atom. The molecule has 1 aromatic carbocycles. The normalized spacial score (nSPS) is 10.8. The number of aryl methyl sites for hydroxylation is 1. The minimum atomic E-state index is -0.524. The van der Waals surface area contributed by atoms with Crippen molar-refractivity contribution < 1.29 is 13.9 Å². The predicted octanol–water partition coefficient (Wildman–Crippen LogP) is 0.811. The number of fused-ring (bicyclic) bond motifs is 1. The number of hydrogen-bond donors (Lipinski definition) is 1. The molecule has 0 aliphatic heterocycles. The van der Waals surface area contributed by atoms with E-state index in [1.807, 2.05) is 12.1 Å². The third kappa shape index (κ3) is 3.54. The summed E-state index contributed by atoms with van der Waals surface area (Å²) >= 11 is 0. The third-order valence-corrected chi connectivity index (χ3v) is 3.12. The van der Waals surface area contributed by atoms with Gasteiger partial charge < -0.3 is 9.15 Å². The number of aromatic amines is 1. The van der Waals surface area contributed by atoms with Gasteiger partial charge in [0.2, 0.25) is 5.89 Å². The summed E-state index contributed by atoms with van der Waals surface area (Å²) in [4.78, 5) is 38.5. The van der Waals surface area contributed by atoms with Crippen LogP contribution in [0, 0.1) is 0 Å². The van der Waals surface area contributed by atoms with Crippen molar-refractivity contribution in [2.75, 3.05) is 0 Å². The van der Waals surface area contributed by atoms with Crippen LogP contribution in [0.15, 0.2) is 50.4 Å². The van der Waals surface area contributed by atoms with Gasteiger partial charge in [-0.25, -0.2) is 9.67 Å². The van der Waals surface area contributed by atoms with E-state index in [1.165, 1.54) is 0 Å². The maximum absolute atomic E-state index is 11.7. The fourth-order valence-corrected chi connectivity index (χ4v) is 2.03. The van der Waals surface area contributed by atoms with Crippen LogP contribution in [0.1, 0.15) is 12.3 Å².